The van der Waals surface area contributed by atoms with Crippen molar-refractivity contribution in [3.05, 3.63) is 22.7 Å². The molecule has 0 spiro atoms. The van der Waals surface area contributed by atoms with Crippen LogP contribution >= 0.6 is 11.6 Å². The highest BCUT2D eigenvalue weighted by molar-refractivity contribution is 6.31. The summed E-state index contributed by atoms with van der Waals surface area (Å²) in [6.45, 7) is 4.83. The molecule has 0 aliphatic heterocycles. The van der Waals surface area contributed by atoms with E-state index in [9.17, 15) is 0 Å². The average molecular weight is 258 g/mol. The van der Waals surface area contributed by atoms with Crippen LogP contribution in [0.15, 0.2) is 12.1 Å². The number of ether oxygens (including phenoxy) is 2. The van der Waals surface area contributed by atoms with Crippen LogP contribution in [0.1, 0.15) is 19.4 Å². The third-order valence-corrected chi connectivity index (χ3v) is 2.69. The lowest BCUT2D eigenvalue weighted by atomic mass is 10.1. The molecule has 0 heterocycles. The van der Waals surface area contributed by atoms with E-state index in [-0.39, 0.29) is 6.10 Å². The Morgan fingerprint density at radius 1 is 1.29 bits per heavy atom. The van der Waals surface area contributed by atoms with Gasteiger partial charge in [0, 0.05) is 11.1 Å². The van der Waals surface area contributed by atoms with Crippen LogP contribution in [0.3, 0.4) is 0 Å². The highest BCUT2D eigenvalue weighted by Gasteiger charge is 2.11. The minimum atomic E-state index is 0.100. The fraction of sp³-hybridized carbons (Fsp3) is 0.538. The summed E-state index contributed by atoms with van der Waals surface area (Å²) in [4.78, 5) is 0. The molecular formula is C13H20ClNO2. The molecule has 0 aliphatic rings. The quantitative estimate of drug-likeness (QED) is 0.850. The SMILES string of the molecule is CNCCc1cc(OC)c(OC(C)C)cc1Cl. The number of hydrogen-bond acceptors (Lipinski definition) is 3. The van der Waals surface area contributed by atoms with Gasteiger partial charge < -0.3 is 14.8 Å². The molecule has 0 radical (unpaired) electrons. The largest absolute Gasteiger partial charge is 0.493 e. The Kier molecular flexibility index (Phi) is 5.59. The van der Waals surface area contributed by atoms with Gasteiger partial charge in [0.1, 0.15) is 0 Å². The highest BCUT2D eigenvalue weighted by atomic mass is 35.5. The zero-order chi connectivity index (χ0) is 12.8. The zero-order valence-electron chi connectivity index (χ0n) is 10.8. The topological polar surface area (TPSA) is 30.5 Å². The molecule has 1 aromatic carbocycles. The Bertz CT molecular complexity index is 367. The number of nitrogens with one attached hydrogen (secondary N) is 1. The first-order valence-corrected chi connectivity index (χ1v) is 6.14. The highest BCUT2D eigenvalue weighted by Crippen LogP contribution is 2.34. The number of likely N-dealkylation sites (N-methyl/N-ethyl adjacent to an activating group) is 1. The van der Waals surface area contributed by atoms with Gasteiger partial charge in [-0.2, -0.15) is 0 Å². The van der Waals surface area contributed by atoms with E-state index in [0.717, 1.165) is 29.3 Å². The molecule has 0 bridgehead atoms. The summed E-state index contributed by atoms with van der Waals surface area (Å²) < 4.78 is 11.0. The Morgan fingerprint density at radius 2 is 2.00 bits per heavy atom. The first-order valence-electron chi connectivity index (χ1n) is 5.76. The first-order chi connectivity index (χ1) is 8.08. The van der Waals surface area contributed by atoms with Crippen molar-refractivity contribution in [1.29, 1.82) is 0 Å². The van der Waals surface area contributed by atoms with E-state index >= 15 is 0 Å². The minimum Gasteiger partial charge on any atom is -0.493 e. The van der Waals surface area contributed by atoms with Crippen LogP contribution in [0, 0.1) is 0 Å². The van der Waals surface area contributed by atoms with Gasteiger partial charge in [-0.3, -0.25) is 0 Å². The molecule has 0 unspecified atom stereocenters. The van der Waals surface area contributed by atoms with Crippen molar-refractivity contribution in [2.45, 2.75) is 26.4 Å². The molecule has 1 rings (SSSR count). The Morgan fingerprint density at radius 3 is 2.53 bits per heavy atom. The third kappa shape index (κ3) is 4.10. The predicted molar refractivity (Wildman–Crippen MR) is 71.4 cm³/mol. The van der Waals surface area contributed by atoms with E-state index in [1.807, 2.05) is 33.0 Å². The maximum absolute atomic E-state index is 6.21. The average Bonchev–Trinajstić information content (AvgIpc) is 2.27. The van der Waals surface area contributed by atoms with E-state index in [2.05, 4.69) is 5.32 Å². The fourth-order valence-electron chi connectivity index (χ4n) is 1.53. The fourth-order valence-corrected chi connectivity index (χ4v) is 1.78. The maximum Gasteiger partial charge on any atom is 0.163 e. The molecule has 0 aromatic heterocycles. The first kappa shape index (κ1) is 14.1. The smallest absolute Gasteiger partial charge is 0.163 e. The molecule has 4 heteroatoms. The number of rotatable bonds is 6. The van der Waals surface area contributed by atoms with E-state index in [1.54, 1.807) is 7.11 Å². The van der Waals surface area contributed by atoms with Crippen LogP contribution in [0.25, 0.3) is 0 Å². The molecule has 0 aliphatic carbocycles. The number of methoxy groups -OCH3 is 1. The molecule has 1 aromatic rings. The Balaban J connectivity index is 2.97. The molecule has 1 N–H and O–H groups in total. The van der Waals surface area contributed by atoms with Crippen LogP contribution in [-0.2, 0) is 6.42 Å². The molecule has 96 valence electrons. The van der Waals surface area contributed by atoms with E-state index in [0.29, 0.717) is 5.75 Å². The Labute approximate surface area is 108 Å². The van der Waals surface area contributed by atoms with Crippen molar-refractivity contribution in [3.63, 3.8) is 0 Å². The second kappa shape index (κ2) is 6.72. The van der Waals surface area contributed by atoms with Gasteiger partial charge in [-0.15, -0.1) is 0 Å². The second-order valence-electron chi connectivity index (χ2n) is 4.11. The van der Waals surface area contributed by atoms with Crippen molar-refractivity contribution in [1.82, 2.24) is 5.32 Å². The van der Waals surface area contributed by atoms with Gasteiger partial charge in [0.05, 0.1) is 13.2 Å². The number of benzene rings is 1. The van der Waals surface area contributed by atoms with Crippen LogP contribution in [0.5, 0.6) is 11.5 Å². The lowest BCUT2D eigenvalue weighted by molar-refractivity contribution is 0.230. The van der Waals surface area contributed by atoms with Gasteiger partial charge in [-0.25, -0.2) is 0 Å². The monoisotopic (exact) mass is 257 g/mol. The summed E-state index contributed by atoms with van der Waals surface area (Å²) in [6.07, 6.45) is 0.969. The molecule has 17 heavy (non-hydrogen) atoms. The molecule has 0 atom stereocenters. The van der Waals surface area contributed by atoms with E-state index < -0.39 is 0 Å². The summed E-state index contributed by atoms with van der Waals surface area (Å²) in [6, 6.07) is 3.77. The lowest BCUT2D eigenvalue weighted by Crippen LogP contribution is -2.11. The van der Waals surface area contributed by atoms with Crippen LogP contribution in [-0.4, -0.2) is 26.8 Å². The number of halogens is 1. The van der Waals surface area contributed by atoms with Crippen molar-refractivity contribution in [2.24, 2.45) is 0 Å². The summed E-state index contributed by atoms with van der Waals surface area (Å²) >= 11 is 6.21. The van der Waals surface area contributed by atoms with Gasteiger partial charge in [0.15, 0.2) is 11.5 Å². The minimum absolute atomic E-state index is 0.100. The predicted octanol–water partition coefficient (Wildman–Crippen LogP) is 2.90. The summed E-state index contributed by atoms with van der Waals surface area (Å²) in [5.41, 5.74) is 1.06. The molecule has 0 amide bonds. The summed E-state index contributed by atoms with van der Waals surface area (Å²) in [7, 11) is 3.56. The molecule has 3 nitrogen and oxygen atoms in total. The standard InChI is InChI=1S/C13H20ClNO2/c1-9(2)17-13-8-11(14)10(5-6-15-3)7-12(13)16-4/h7-9,15H,5-6H2,1-4H3. The van der Waals surface area contributed by atoms with Crippen molar-refractivity contribution < 1.29 is 9.47 Å². The molecule has 0 fully saturated rings. The lowest BCUT2D eigenvalue weighted by Gasteiger charge is -2.15. The zero-order valence-corrected chi connectivity index (χ0v) is 11.6. The molecule has 0 saturated heterocycles. The van der Waals surface area contributed by atoms with E-state index in [4.69, 9.17) is 21.1 Å². The van der Waals surface area contributed by atoms with Gasteiger partial charge in [0.2, 0.25) is 0 Å². The van der Waals surface area contributed by atoms with Crippen LogP contribution in [0.2, 0.25) is 5.02 Å². The van der Waals surface area contributed by atoms with Gasteiger partial charge in [-0.1, -0.05) is 11.6 Å². The van der Waals surface area contributed by atoms with Gasteiger partial charge in [0.25, 0.3) is 0 Å². The molecule has 0 saturated carbocycles. The second-order valence-corrected chi connectivity index (χ2v) is 4.52. The van der Waals surface area contributed by atoms with Crippen molar-refractivity contribution in [2.75, 3.05) is 20.7 Å². The van der Waals surface area contributed by atoms with Crippen LogP contribution < -0.4 is 14.8 Å². The molecular weight excluding hydrogens is 238 g/mol. The summed E-state index contributed by atoms with van der Waals surface area (Å²) in [5.74, 6) is 1.43. The van der Waals surface area contributed by atoms with E-state index in [1.165, 1.54) is 0 Å². The van der Waals surface area contributed by atoms with Crippen molar-refractivity contribution in [3.8, 4) is 11.5 Å². The number of hydrogen-bond donors (Lipinski definition) is 1. The van der Waals surface area contributed by atoms with Crippen LogP contribution in [0.4, 0.5) is 0 Å². The van der Waals surface area contributed by atoms with Gasteiger partial charge >= 0.3 is 0 Å². The summed E-state index contributed by atoms with van der Waals surface area (Å²) in [5, 5.41) is 3.82. The third-order valence-electron chi connectivity index (χ3n) is 2.34. The van der Waals surface area contributed by atoms with Crippen molar-refractivity contribution >= 4 is 11.6 Å². The Hall–Kier alpha value is -0.930. The maximum atomic E-state index is 6.21. The van der Waals surface area contributed by atoms with Gasteiger partial charge in [-0.05, 0) is 45.5 Å². The normalized spacial score (nSPS) is 10.7.